The van der Waals surface area contributed by atoms with Gasteiger partial charge in [-0.1, -0.05) is 11.6 Å². The van der Waals surface area contributed by atoms with Gasteiger partial charge in [0.25, 0.3) is 0 Å². The van der Waals surface area contributed by atoms with Gasteiger partial charge in [0.05, 0.1) is 25.8 Å². The predicted octanol–water partition coefficient (Wildman–Crippen LogP) is 4.00. The molecule has 2 saturated heterocycles. The van der Waals surface area contributed by atoms with Crippen LogP contribution in [0.4, 0.5) is 9.59 Å². The number of rotatable bonds is 4. The molecule has 0 aromatic carbocycles. The van der Waals surface area contributed by atoms with Crippen molar-refractivity contribution in [2.45, 2.75) is 123 Å². The van der Waals surface area contributed by atoms with Crippen molar-refractivity contribution in [2.24, 2.45) is 0 Å². The Labute approximate surface area is 214 Å². The highest BCUT2D eigenvalue weighted by Crippen LogP contribution is 2.44. The number of allylic oxidation sites excluding steroid dienone is 1. The van der Waals surface area contributed by atoms with Gasteiger partial charge in [-0.2, -0.15) is 0 Å². The molecule has 1 unspecified atom stereocenters. The van der Waals surface area contributed by atoms with Crippen LogP contribution >= 0.6 is 0 Å². The monoisotopic (exact) mass is 512 g/mol. The van der Waals surface area contributed by atoms with Gasteiger partial charge in [0.15, 0.2) is 5.54 Å². The molecule has 0 spiro atoms. The standard InChI is InChI=1S/C26H44N2O8/c1-16(2)14-17-12-13-26(20(30)33-11,27(17)21(31)35-23(3,4)5)19(29)18-15-34-25(9,10)28(18)22(32)36-24(6,7)8/h14,17-19,29H,12-13,15H2,1-11H3/t17-,18+,19?,26+/m1/s1. The highest BCUT2D eigenvalue weighted by molar-refractivity contribution is 5.88. The van der Waals surface area contributed by atoms with Crippen LogP contribution in [0.5, 0.6) is 0 Å². The van der Waals surface area contributed by atoms with Crippen molar-refractivity contribution in [3.05, 3.63) is 11.6 Å². The van der Waals surface area contributed by atoms with E-state index in [4.69, 9.17) is 18.9 Å². The highest BCUT2D eigenvalue weighted by Gasteiger charge is 2.64. The predicted molar refractivity (Wildman–Crippen MR) is 133 cm³/mol. The second kappa shape index (κ2) is 10.2. The van der Waals surface area contributed by atoms with E-state index in [9.17, 15) is 19.5 Å². The van der Waals surface area contributed by atoms with E-state index in [0.717, 1.165) is 5.57 Å². The van der Waals surface area contributed by atoms with Gasteiger partial charge in [-0.25, -0.2) is 14.4 Å². The highest BCUT2D eigenvalue weighted by atomic mass is 16.6. The first-order chi connectivity index (χ1) is 16.3. The summed E-state index contributed by atoms with van der Waals surface area (Å²) in [6.07, 6.45) is -0.650. The minimum atomic E-state index is -1.82. The van der Waals surface area contributed by atoms with Crippen molar-refractivity contribution in [3.63, 3.8) is 0 Å². The van der Waals surface area contributed by atoms with Crippen LogP contribution in [0.15, 0.2) is 11.6 Å². The van der Waals surface area contributed by atoms with Crippen molar-refractivity contribution in [1.82, 2.24) is 9.80 Å². The molecule has 0 aliphatic carbocycles. The summed E-state index contributed by atoms with van der Waals surface area (Å²) in [4.78, 5) is 42.9. The lowest BCUT2D eigenvalue weighted by atomic mass is 9.84. The SMILES string of the molecule is COC(=O)[C@@]1(C(O)[C@@H]2COC(C)(C)N2C(=O)OC(C)(C)C)CC[C@H](C=C(C)C)N1C(=O)OC(C)(C)C. The molecular formula is C26H44N2O8. The smallest absolute Gasteiger partial charge is 0.412 e. The molecule has 36 heavy (non-hydrogen) atoms. The number of ether oxygens (including phenoxy) is 4. The zero-order valence-corrected chi connectivity index (χ0v) is 23.6. The summed E-state index contributed by atoms with van der Waals surface area (Å²) >= 11 is 0. The van der Waals surface area contributed by atoms with Crippen LogP contribution in [0.2, 0.25) is 0 Å². The fourth-order valence-electron chi connectivity index (χ4n) is 4.90. The Balaban J connectivity index is 2.64. The summed E-state index contributed by atoms with van der Waals surface area (Å²) in [5.74, 6) is -0.792. The second-order valence-electron chi connectivity index (χ2n) is 12.2. The minimum absolute atomic E-state index is 0.0678. The number of amides is 2. The Morgan fingerprint density at radius 3 is 1.94 bits per heavy atom. The van der Waals surface area contributed by atoms with Gasteiger partial charge in [0.2, 0.25) is 0 Å². The number of carbonyl (C=O) groups excluding carboxylic acids is 3. The Bertz CT molecular complexity index is 881. The largest absolute Gasteiger partial charge is 0.467 e. The summed E-state index contributed by atoms with van der Waals surface area (Å²) in [6.45, 7) is 17.5. The van der Waals surface area contributed by atoms with Crippen LogP contribution in [0.1, 0.15) is 82.1 Å². The fraction of sp³-hybridized carbons (Fsp3) is 0.808. The fourth-order valence-corrected chi connectivity index (χ4v) is 4.90. The molecule has 4 atom stereocenters. The summed E-state index contributed by atoms with van der Waals surface area (Å²) in [7, 11) is 1.21. The third-order valence-corrected chi connectivity index (χ3v) is 6.20. The Hall–Kier alpha value is -2.33. The van der Waals surface area contributed by atoms with Gasteiger partial charge in [-0.15, -0.1) is 0 Å². The van der Waals surface area contributed by atoms with Gasteiger partial charge < -0.3 is 24.1 Å². The van der Waals surface area contributed by atoms with E-state index in [2.05, 4.69) is 0 Å². The molecule has 0 aromatic rings. The van der Waals surface area contributed by atoms with Gasteiger partial charge in [-0.05, 0) is 82.1 Å². The maximum atomic E-state index is 13.6. The Morgan fingerprint density at radius 2 is 1.50 bits per heavy atom. The van der Waals surface area contributed by atoms with Crippen LogP contribution in [0.25, 0.3) is 0 Å². The summed E-state index contributed by atoms with van der Waals surface area (Å²) in [5.41, 5.74) is -3.65. The number of hydrogen-bond donors (Lipinski definition) is 1. The minimum Gasteiger partial charge on any atom is -0.467 e. The lowest BCUT2D eigenvalue weighted by molar-refractivity contribution is -0.165. The lowest BCUT2D eigenvalue weighted by Gasteiger charge is -2.45. The molecule has 2 rings (SSSR count). The van der Waals surface area contributed by atoms with Crippen LogP contribution in [0.3, 0.4) is 0 Å². The first-order valence-corrected chi connectivity index (χ1v) is 12.4. The van der Waals surface area contributed by atoms with E-state index < -0.39 is 58.8 Å². The van der Waals surface area contributed by atoms with Crippen LogP contribution < -0.4 is 0 Å². The van der Waals surface area contributed by atoms with Gasteiger partial charge >= 0.3 is 18.2 Å². The average molecular weight is 513 g/mol. The van der Waals surface area contributed by atoms with E-state index >= 15 is 0 Å². The molecular weight excluding hydrogens is 468 g/mol. The molecule has 10 heteroatoms. The van der Waals surface area contributed by atoms with E-state index in [1.165, 1.54) is 16.9 Å². The normalized spacial score (nSPS) is 26.9. The van der Waals surface area contributed by atoms with Crippen molar-refractivity contribution >= 4 is 18.2 Å². The molecule has 0 radical (unpaired) electrons. The van der Waals surface area contributed by atoms with Gasteiger partial charge in [0, 0.05) is 0 Å². The summed E-state index contributed by atoms with van der Waals surface area (Å²) in [6, 6.07) is -1.52. The quantitative estimate of drug-likeness (QED) is 0.342. The molecule has 1 N–H and O–H groups in total. The average Bonchev–Trinajstić information content (AvgIpc) is 3.21. The molecule has 0 bridgehead atoms. The van der Waals surface area contributed by atoms with Crippen molar-refractivity contribution in [2.75, 3.05) is 13.7 Å². The maximum Gasteiger partial charge on any atom is 0.412 e. The number of carbonyl (C=O) groups is 3. The van der Waals surface area contributed by atoms with Crippen molar-refractivity contribution in [3.8, 4) is 0 Å². The third kappa shape index (κ3) is 6.14. The molecule has 10 nitrogen and oxygen atoms in total. The van der Waals surface area contributed by atoms with Crippen LogP contribution in [-0.4, -0.2) is 87.4 Å². The number of likely N-dealkylation sites (tertiary alicyclic amines) is 1. The maximum absolute atomic E-state index is 13.6. The van der Waals surface area contributed by atoms with Crippen molar-refractivity contribution < 1.29 is 38.4 Å². The van der Waals surface area contributed by atoms with Crippen molar-refractivity contribution in [1.29, 1.82) is 0 Å². The number of aliphatic hydroxyl groups excluding tert-OH is 1. The van der Waals surface area contributed by atoms with E-state index in [1.807, 2.05) is 19.9 Å². The number of methoxy groups -OCH3 is 1. The van der Waals surface area contributed by atoms with Gasteiger partial charge in [0.1, 0.15) is 23.0 Å². The topological polar surface area (TPSA) is 115 Å². The molecule has 2 heterocycles. The van der Waals surface area contributed by atoms with E-state index in [1.54, 1.807) is 55.4 Å². The molecule has 2 aliphatic heterocycles. The molecule has 2 amide bonds. The first kappa shape index (κ1) is 29.9. The number of aliphatic hydroxyl groups is 1. The molecule has 206 valence electrons. The Kier molecular flexibility index (Phi) is 8.47. The second-order valence-corrected chi connectivity index (χ2v) is 12.2. The van der Waals surface area contributed by atoms with Crippen LogP contribution in [-0.2, 0) is 23.7 Å². The number of nitrogens with zero attached hydrogens (tertiary/aromatic N) is 2. The lowest BCUT2D eigenvalue weighted by Crippen LogP contribution is -2.68. The number of esters is 1. The number of hydrogen-bond acceptors (Lipinski definition) is 8. The van der Waals surface area contributed by atoms with E-state index in [0.29, 0.717) is 6.42 Å². The molecule has 0 saturated carbocycles. The van der Waals surface area contributed by atoms with Gasteiger partial charge in [-0.3, -0.25) is 9.80 Å². The summed E-state index contributed by atoms with van der Waals surface area (Å²) < 4.78 is 22.3. The summed E-state index contributed by atoms with van der Waals surface area (Å²) in [5, 5.41) is 11.9. The molecule has 0 aromatic heterocycles. The van der Waals surface area contributed by atoms with Crippen LogP contribution in [0, 0.1) is 0 Å². The zero-order valence-electron chi connectivity index (χ0n) is 23.6. The van der Waals surface area contributed by atoms with E-state index in [-0.39, 0.29) is 13.0 Å². The molecule has 2 fully saturated rings. The molecule has 2 aliphatic rings. The zero-order chi connectivity index (χ0) is 27.9. The Morgan fingerprint density at radius 1 is 1.00 bits per heavy atom. The third-order valence-electron chi connectivity index (χ3n) is 6.20. The first-order valence-electron chi connectivity index (χ1n) is 12.4.